The van der Waals surface area contributed by atoms with Crippen molar-refractivity contribution in [1.29, 1.82) is 0 Å². The van der Waals surface area contributed by atoms with Crippen molar-refractivity contribution in [3.63, 3.8) is 0 Å². The third-order valence-electron chi connectivity index (χ3n) is 2.58. The molecule has 0 saturated heterocycles. The SMILES string of the molecule is Cc1nc(-c2ccncc2)c(CN)n1C. The largest absolute Gasteiger partial charge is 0.334 e. The number of nitrogens with zero attached hydrogens (tertiary/aromatic N) is 3. The Morgan fingerprint density at radius 3 is 2.60 bits per heavy atom. The molecule has 78 valence electrons. The van der Waals surface area contributed by atoms with Crippen LogP contribution in [-0.2, 0) is 13.6 Å². The maximum atomic E-state index is 5.73. The molecular weight excluding hydrogens is 188 g/mol. The van der Waals surface area contributed by atoms with Gasteiger partial charge in [0.05, 0.1) is 11.4 Å². The highest BCUT2D eigenvalue weighted by Crippen LogP contribution is 2.22. The molecule has 0 spiro atoms. The van der Waals surface area contributed by atoms with Crippen LogP contribution in [0.1, 0.15) is 11.5 Å². The zero-order chi connectivity index (χ0) is 10.8. The lowest BCUT2D eigenvalue weighted by Crippen LogP contribution is -2.05. The molecule has 2 aromatic heterocycles. The second-order valence-corrected chi connectivity index (χ2v) is 3.45. The van der Waals surface area contributed by atoms with E-state index in [0.717, 1.165) is 22.8 Å². The van der Waals surface area contributed by atoms with E-state index in [1.165, 1.54) is 0 Å². The van der Waals surface area contributed by atoms with Crippen LogP contribution in [0.2, 0.25) is 0 Å². The zero-order valence-corrected chi connectivity index (χ0v) is 8.94. The molecule has 0 fully saturated rings. The van der Waals surface area contributed by atoms with E-state index in [4.69, 9.17) is 5.73 Å². The van der Waals surface area contributed by atoms with Crippen LogP contribution in [0.15, 0.2) is 24.5 Å². The minimum atomic E-state index is 0.495. The van der Waals surface area contributed by atoms with E-state index < -0.39 is 0 Å². The van der Waals surface area contributed by atoms with Gasteiger partial charge in [-0.15, -0.1) is 0 Å². The van der Waals surface area contributed by atoms with Crippen molar-refractivity contribution in [3.05, 3.63) is 36.0 Å². The van der Waals surface area contributed by atoms with Gasteiger partial charge < -0.3 is 10.3 Å². The minimum Gasteiger partial charge on any atom is -0.334 e. The van der Waals surface area contributed by atoms with Crippen LogP contribution >= 0.6 is 0 Å². The molecule has 4 heteroatoms. The summed E-state index contributed by atoms with van der Waals surface area (Å²) in [4.78, 5) is 8.50. The molecule has 0 radical (unpaired) electrons. The molecule has 0 saturated carbocycles. The Bertz CT molecular complexity index is 459. The molecule has 4 nitrogen and oxygen atoms in total. The Balaban J connectivity index is 2.58. The second kappa shape index (κ2) is 3.82. The second-order valence-electron chi connectivity index (χ2n) is 3.45. The van der Waals surface area contributed by atoms with Crippen molar-refractivity contribution in [3.8, 4) is 11.3 Å². The number of hydrogen-bond donors (Lipinski definition) is 1. The lowest BCUT2D eigenvalue weighted by atomic mass is 10.1. The Kier molecular flexibility index (Phi) is 2.51. The summed E-state index contributed by atoms with van der Waals surface area (Å²) in [6, 6.07) is 3.89. The molecule has 2 heterocycles. The lowest BCUT2D eigenvalue weighted by molar-refractivity contribution is 0.789. The number of aryl methyl sites for hydroxylation is 1. The standard InChI is InChI=1S/C11H14N4/c1-8-14-11(10(7-12)15(8)2)9-3-5-13-6-4-9/h3-6H,7,12H2,1-2H3. The van der Waals surface area contributed by atoms with E-state index in [9.17, 15) is 0 Å². The fourth-order valence-electron chi connectivity index (χ4n) is 1.63. The Hall–Kier alpha value is -1.68. The van der Waals surface area contributed by atoms with E-state index in [-0.39, 0.29) is 0 Å². The van der Waals surface area contributed by atoms with Crippen molar-refractivity contribution in [1.82, 2.24) is 14.5 Å². The fourth-order valence-corrected chi connectivity index (χ4v) is 1.63. The third kappa shape index (κ3) is 1.64. The smallest absolute Gasteiger partial charge is 0.106 e. The van der Waals surface area contributed by atoms with Crippen molar-refractivity contribution in [2.24, 2.45) is 12.8 Å². The van der Waals surface area contributed by atoms with Gasteiger partial charge in [-0.1, -0.05) is 0 Å². The Morgan fingerprint density at radius 1 is 1.33 bits per heavy atom. The summed E-state index contributed by atoms with van der Waals surface area (Å²) in [5.41, 5.74) is 8.80. The monoisotopic (exact) mass is 202 g/mol. The molecule has 2 rings (SSSR count). The summed E-state index contributed by atoms with van der Waals surface area (Å²) in [5.74, 6) is 0.974. The quantitative estimate of drug-likeness (QED) is 0.797. The average Bonchev–Trinajstić information content (AvgIpc) is 2.56. The normalized spacial score (nSPS) is 10.6. The predicted octanol–water partition coefficient (Wildman–Crippen LogP) is 1.25. The summed E-state index contributed by atoms with van der Waals surface area (Å²) in [6.07, 6.45) is 3.53. The number of nitrogens with two attached hydrogens (primary N) is 1. The van der Waals surface area contributed by atoms with Gasteiger partial charge >= 0.3 is 0 Å². The molecule has 0 bridgehead atoms. The maximum absolute atomic E-state index is 5.73. The molecule has 0 aliphatic carbocycles. The predicted molar refractivity (Wildman–Crippen MR) is 59.1 cm³/mol. The van der Waals surface area contributed by atoms with Gasteiger partial charge in [-0.2, -0.15) is 0 Å². The van der Waals surface area contributed by atoms with Gasteiger partial charge in [0.25, 0.3) is 0 Å². The summed E-state index contributed by atoms with van der Waals surface area (Å²) in [6.45, 7) is 2.47. The van der Waals surface area contributed by atoms with E-state index in [0.29, 0.717) is 6.54 Å². The molecule has 15 heavy (non-hydrogen) atoms. The van der Waals surface area contributed by atoms with E-state index in [1.54, 1.807) is 12.4 Å². The lowest BCUT2D eigenvalue weighted by Gasteiger charge is -2.02. The maximum Gasteiger partial charge on any atom is 0.106 e. The number of rotatable bonds is 2. The Labute approximate surface area is 88.8 Å². The van der Waals surface area contributed by atoms with E-state index in [1.807, 2.05) is 30.7 Å². The number of aromatic nitrogens is 3. The highest BCUT2D eigenvalue weighted by Gasteiger charge is 2.11. The molecule has 0 aromatic carbocycles. The number of pyridine rings is 1. The molecule has 2 N–H and O–H groups in total. The van der Waals surface area contributed by atoms with Crippen LogP contribution in [0.5, 0.6) is 0 Å². The van der Waals surface area contributed by atoms with Crippen molar-refractivity contribution in [2.45, 2.75) is 13.5 Å². The molecule has 0 aliphatic heterocycles. The molecule has 2 aromatic rings. The van der Waals surface area contributed by atoms with Crippen LogP contribution in [-0.4, -0.2) is 14.5 Å². The first-order valence-corrected chi connectivity index (χ1v) is 4.86. The van der Waals surface area contributed by atoms with Crippen LogP contribution in [0.25, 0.3) is 11.3 Å². The van der Waals surface area contributed by atoms with Gasteiger partial charge in [0.1, 0.15) is 5.82 Å². The van der Waals surface area contributed by atoms with Crippen molar-refractivity contribution in [2.75, 3.05) is 0 Å². The van der Waals surface area contributed by atoms with Crippen LogP contribution in [0.3, 0.4) is 0 Å². The average molecular weight is 202 g/mol. The molecule has 0 unspecified atom stereocenters. The van der Waals surface area contributed by atoms with Gasteiger partial charge in [-0.3, -0.25) is 4.98 Å². The van der Waals surface area contributed by atoms with Crippen LogP contribution in [0.4, 0.5) is 0 Å². The highest BCUT2D eigenvalue weighted by molar-refractivity contribution is 5.61. The van der Waals surface area contributed by atoms with Crippen LogP contribution < -0.4 is 5.73 Å². The molecule has 0 amide bonds. The summed E-state index contributed by atoms with van der Waals surface area (Å²) in [7, 11) is 1.98. The first kappa shape index (κ1) is 9.86. The third-order valence-corrected chi connectivity index (χ3v) is 2.58. The first-order chi connectivity index (χ1) is 7.24. The van der Waals surface area contributed by atoms with Crippen molar-refractivity contribution >= 4 is 0 Å². The van der Waals surface area contributed by atoms with Crippen LogP contribution in [0, 0.1) is 6.92 Å². The molecule has 0 atom stereocenters. The summed E-state index contributed by atoms with van der Waals surface area (Å²) in [5, 5.41) is 0. The van der Waals surface area contributed by atoms with Crippen molar-refractivity contribution < 1.29 is 0 Å². The topological polar surface area (TPSA) is 56.7 Å². The highest BCUT2D eigenvalue weighted by atomic mass is 15.1. The van der Waals surface area contributed by atoms with E-state index >= 15 is 0 Å². The van der Waals surface area contributed by atoms with Gasteiger partial charge in [-0.05, 0) is 19.1 Å². The molecule has 0 aliphatic rings. The summed E-state index contributed by atoms with van der Waals surface area (Å²) < 4.78 is 2.02. The minimum absolute atomic E-state index is 0.495. The van der Waals surface area contributed by atoms with Gasteiger partial charge in [-0.25, -0.2) is 4.98 Å². The fraction of sp³-hybridized carbons (Fsp3) is 0.273. The number of imidazole rings is 1. The van der Waals surface area contributed by atoms with Gasteiger partial charge in [0.15, 0.2) is 0 Å². The molecular formula is C11H14N4. The number of hydrogen-bond acceptors (Lipinski definition) is 3. The van der Waals surface area contributed by atoms with E-state index in [2.05, 4.69) is 9.97 Å². The zero-order valence-electron chi connectivity index (χ0n) is 8.94. The van der Waals surface area contributed by atoms with Gasteiger partial charge in [0.2, 0.25) is 0 Å². The summed E-state index contributed by atoms with van der Waals surface area (Å²) >= 11 is 0. The van der Waals surface area contributed by atoms with Gasteiger partial charge in [0, 0.05) is 31.5 Å². The Morgan fingerprint density at radius 2 is 2.00 bits per heavy atom. The first-order valence-electron chi connectivity index (χ1n) is 4.86.